The van der Waals surface area contributed by atoms with E-state index in [0.717, 1.165) is 0 Å². The number of aliphatic carboxylic acids is 1. The average molecular weight is 252 g/mol. The number of rotatable bonds is 1. The summed E-state index contributed by atoms with van der Waals surface area (Å²) in [7, 11) is 0. The van der Waals surface area contributed by atoms with Crippen LogP contribution < -0.4 is 37.2 Å². The number of carbonyl (C=O) groups is 1. The summed E-state index contributed by atoms with van der Waals surface area (Å²) in [6, 6.07) is 0. The third kappa shape index (κ3) is 23.2. The molecule has 2 N–H and O–H groups in total. The van der Waals surface area contributed by atoms with Crippen molar-refractivity contribution in [3.8, 4) is 0 Å². The van der Waals surface area contributed by atoms with Gasteiger partial charge in [0.25, 0.3) is 0 Å². The molecule has 0 bridgehead atoms. The molecule has 0 aromatic rings. The van der Waals surface area contributed by atoms with Gasteiger partial charge < -0.3 is 47.4 Å². The summed E-state index contributed by atoms with van der Waals surface area (Å²) in [6.45, 7) is 1.20. The van der Waals surface area contributed by atoms with Gasteiger partial charge in [-0.25, -0.2) is 4.79 Å². The smallest absolute Gasteiger partial charge is 1.00 e. The Hall–Kier alpha value is 0.819. The molecular weight excluding hydrogens is 246 g/mol. The van der Waals surface area contributed by atoms with Gasteiger partial charge in [0.05, 0.1) is 0 Å². The van der Waals surface area contributed by atoms with Crippen LogP contribution in [0, 0.1) is 0 Å². The van der Waals surface area contributed by atoms with Crippen molar-refractivity contribution < 1.29 is 69.3 Å². The van der Waals surface area contributed by atoms with Gasteiger partial charge in [-0.1, -0.05) is 0 Å². The summed E-state index contributed by atoms with van der Waals surface area (Å²) in [5.74, 6) is -1.19. The van der Waals surface area contributed by atoms with E-state index >= 15 is 0 Å². The standard InChI is InChI=1S/C3H6O3.3ClH.Fe/c1-2(4)3(5)6;;;;/h2,4H,1H3,(H,5,6);3*1H;/q;;;;+3/p-3. The minimum atomic E-state index is -1.23. The first-order chi connectivity index (χ1) is 2.64. The van der Waals surface area contributed by atoms with Crippen molar-refractivity contribution in [1.29, 1.82) is 0 Å². The Morgan fingerprint density at radius 2 is 1.40 bits per heavy atom. The van der Waals surface area contributed by atoms with Crippen LogP contribution in [0.4, 0.5) is 0 Å². The third-order valence-electron chi connectivity index (χ3n) is 0.357. The Bertz CT molecular complexity index is 70.0. The predicted octanol–water partition coefficient (Wildman–Crippen LogP) is -9.54. The minimum absolute atomic E-state index is 0. The van der Waals surface area contributed by atoms with E-state index in [1.165, 1.54) is 6.92 Å². The second-order valence-corrected chi connectivity index (χ2v) is 1.01. The summed E-state index contributed by atoms with van der Waals surface area (Å²) in [5.41, 5.74) is 0. The Balaban J connectivity index is -0.0000000208. The number of aliphatic hydroxyl groups is 1. The maximum absolute atomic E-state index is 9.45. The zero-order chi connectivity index (χ0) is 5.15. The molecule has 0 aliphatic rings. The summed E-state index contributed by atoms with van der Waals surface area (Å²) in [6.07, 6.45) is -1.23. The molecule has 7 heteroatoms. The van der Waals surface area contributed by atoms with Gasteiger partial charge in [-0.05, 0) is 6.92 Å². The first kappa shape index (κ1) is 30.8. The maximum atomic E-state index is 9.45. The van der Waals surface area contributed by atoms with Crippen LogP contribution in [0.5, 0.6) is 0 Å². The molecule has 0 saturated heterocycles. The van der Waals surface area contributed by atoms with Crippen molar-refractivity contribution >= 4 is 5.97 Å². The predicted molar refractivity (Wildman–Crippen MR) is 19.3 cm³/mol. The van der Waals surface area contributed by atoms with Gasteiger partial charge in [0, 0.05) is 0 Å². The average Bonchev–Trinajstić information content (AvgIpc) is 1.36. The number of carboxylic acid groups (broad SMARTS) is 1. The zero-order valence-electron chi connectivity index (χ0n) is 4.87. The van der Waals surface area contributed by atoms with Crippen molar-refractivity contribution in [3.05, 3.63) is 0 Å². The molecule has 0 heterocycles. The second kappa shape index (κ2) is 16.4. The molecule has 0 aliphatic carbocycles. The summed E-state index contributed by atoms with van der Waals surface area (Å²) in [4.78, 5) is 9.45. The van der Waals surface area contributed by atoms with Crippen LogP contribution in [0.3, 0.4) is 0 Å². The molecule has 1 radical (unpaired) electrons. The number of hydrogen-bond acceptors (Lipinski definition) is 2. The van der Waals surface area contributed by atoms with Crippen molar-refractivity contribution in [1.82, 2.24) is 0 Å². The number of hydrogen-bond donors (Lipinski definition) is 2. The van der Waals surface area contributed by atoms with E-state index < -0.39 is 12.1 Å². The van der Waals surface area contributed by atoms with Crippen LogP contribution in [-0.2, 0) is 21.9 Å². The van der Waals surface area contributed by atoms with E-state index in [-0.39, 0.29) is 54.3 Å². The molecule has 0 rings (SSSR count). The van der Waals surface area contributed by atoms with Gasteiger partial charge in [0.2, 0.25) is 0 Å². The zero-order valence-corrected chi connectivity index (χ0v) is 8.24. The number of halogens is 3. The number of aliphatic hydroxyl groups excluding tert-OH is 1. The van der Waals surface area contributed by atoms with Gasteiger partial charge in [0.1, 0.15) is 6.10 Å². The van der Waals surface area contributed by atoms with E-state index in [1.54, 1.807) is 0 Å². The Kier molecular flexibility index (Phi) is 50.6. The van der Waals surface area contributed by atoms with Gasteiger partial charge in [-0.3, -0.25) is 0 Å². The molecule has 0 aromatic carbocycles. The molecule has 10 heavy (non-hydrogen) atoms. The van der Waals surface area contributed by atoms with Crippen LogP contribution in [0.15, 0.2) is 0 Å². The van der Waals surface area contributed by atoms with Crippen molar-refractivity contribution in [2.75, 3.05) is 0 Å². The van der Waals surface area contributed by atoms with Gasteiger partial charge in [0.15, 0.2) is 0 Å². The van der Waals surface area contributed by atoms with Gasteiger partial charge in [-0.2, -0.15) is 0 Å². The van der Waals surface area contributed by atoms with Crippen molar-refractivity contribution in [3.63, 3.8) is 0 Å². The molecular formula is C3H6Cl3FeO3. The fourth-order valence-corrected chi connectivity index (χ4v) is 0. The molecule has 0 amide bonds. The quantitative estimate of drug-likeness (QED) is 0.456. The SMILES string of the molecule is CC(O)C(=O)O.[Cl-].[Cl-].[Cl-].[Fe+3]. The minimum Gasteiger partial charge on any atom is -1.00 e. The number of carboxylic acids is 1. The normalized spacial score (nSPS) is 8.20. The second-order valence-electron chi connectivity index (χ2n) is 1.01. The van der Waals surface area contributed by atoms with E-state index in [9.17, 15) is 4.79 Å². The van der Waals surface area contributed by atoms with Crippen LogP contribution in [0.2, 0.25) is 0 Å². The molecule has 1 atom stereocenters. The summed E-state index contributed by atoms with van der Waals surface area (Å²) < 4.78 is 0. The molecule has 0 saturated carbocycles. The Labute approximate surface area is 88.3 Å². The van der Waals surface area contributed by atoms with E-state index in [1.807, 2.05) is 0 Å². The first-order valence-electron chi connectivity index (χ1n) is 1.55. The van der Waals surface area contributed by atoms with Crippen LogP contribution in [-0.4, -0.2) is 22.3 Å². The van der Waals surface area contributed by atoms with E-state index in [2.05, 4.69) is 0 Å². The maximum Gasteiger partial charge on any atom is 3.00 e. The van der Waals surface area contributed by atoms with E-state index in [0.29, 0.717) is 0 Å². The molecule has 3 nitrogen and oxygen atoms in total. The fourth-order valence-electron chi connectivity index (χ4n) is 0. The molecule has 1 unspecified atom stereocenters. The fraction of sp³-hybridized carbons (Fsp3) is 0.667. The van der Waals surface area contributed by atoms with Crippen LogP contribution >= 0.6 is 0 Å². The molecule has 0 aliphatic heterocycles. The molecule has 0 fully saturated rings. The Morgan fingerprint density at radius 3 is 1.40 bits per heavy atom. The monoisotopic (exact) mass is 251 g/mol. The van der Waals surface area contributed by atoms with Gasteiger partial charge in [-0.15, -0.1) is 0 Å². The topological polar surface area (TPSA) is 57.5 Å². The largest absolute Gasteiger partial charge is 3.00 e. The molecule has 65 valence electrons. The van der Waals surface area contributed by atoms with Crippen molar-refractivity contribution in [2.24, 2.45) is 0 Å². The van der Waals surface area contributed by atoms with Gasteiger partial charge >= 0.3 is 23.0 Å². The molecule has 0 aromatic heterocycles. The van der Waals surface area contributed by atoms with E-state index in [4.69, 9.17) is 10.2 Å². The third-order valence-corrected chi connectivity index (χ3v) is 0.357. The van der Waals surface area contributed by atoms with Crippen LogP contribution in [0.1, 0.15) is 6.92 Å². The summed E-state index contributed by atoms with van der Waals surface area (Å²) >= 11 is 0. The molecule has 0 spiro atoms. The Morgan fingerprint density at radius 1 is 1.30 bits per heavy atom. The summed E-state index contributed by atoms with van der Waals surface area (Å²) in [5, 5.41) is 15.8. The van der Waals surface area contributed by atoms with Crippen molar-refractivity contribution in [2.45, 2.75) is 13.0 Å². The van der Waals surface area contributed by atoms with Crippen LogP contribution in [0.25, 0.3) is 0 Å². The first-order valence-corrected chi connectivity index (χ1v) is 1.55.